The van der Waals surface area contributed by atoms with E-state index in [0.717, 1.165) is 21.7 Å². The highest BCUT2D eigenvalue weighted by Crippen LogP contribution is 2.23. The minimum atomic E-state index is -0.403. The standard InChI is InChI=1S/C11H13BrN2O2/c1-7(15)5-10-13-11(12)9-6-8(16-2)3-4-14(9)10/h3-4,6-7,15H,5H2,1-2H3. The summed E-state index contributed by atoms with van der Waals surface area (Å²) >= 11 is 3.40. The molecule has 0 aliphatic carbocycles. The lowest BCUT2D eigenvalue weighted by atomic mass is 10.3. The van der Waals surface area contributed by atoms with Crippen LogP contribution < -0.4 is 4.74 Å². The predicted molar refractivity (Wildman–Crippen MR) is 64.8 cm³/mol. The van der Waals surface area contributed by atoms with E-state index in [0.29, 0.717) is 6.42 Å². The molecule has 2 rings (SSSR count). The van der Waals surface area contributed by atoms with E-state index in [2.05, 4.69) is 20.9 Å². The first kappa shape index (κ1) is 11.4. The van der Waals surface area contributed by atoms with Gasteiger partial charge in [0.15, 0.2) is 0 Å². The van der Waals surface area contributed by atoms with Crippen LogP contribution in [0.2, 0.25) is 0 Å². The molecule has 1 unspecified atom stereocenters. The van der Waals surface area contributed by atoms with Gasteiger partial charge in [0.25, 0.3) is 0 Å². The van der Waals surface area contributed by atoms with Crippen molar-refractivity contribution in [3.05, 3.63) is 28.8 Å². The van der Waals surface area contributed by atoms with Gasteiger partial charge in [0.05, 0.1) is 18.7 Å². The number of imidazole rings is 1. The number of fused-ring (bicyclic) bond motifs is 1. The monoisotopic (exact) mass is 284 g/mol. The lowest BCUT2D eigenvalue weighted by Gasteiger charge is -2.04. The van der Waals surface area contributed by atoms with Gasteiger partial charge in [-0.05, 0) is 28.9 Å². The predicted octanol–water partition coefficient (Wildman–Crippen LogP) is 2.03. The molecule has 0 fully saturated rings. The Morgan fingerprint density at radius 1 is 1.62 bits per heavy atom. The van der Waals surface area contributed by atoms with Crippen LogP contribution in [0, 0.1) is 0 Å². The third-order valence-electron chi connectivity index (χ3n) is 2.36. The summed E-state index contributed by atoms with van der Waals surface area (Å²) in [5, 5.41) is 9.38. The van der Waals surface area contributed by atoms with E-state index < -0.39 is 6.10 Å². The van der Waals surface area contributed by atoms with Crippen LogP contribution in [0.1, 0.15) is 12.7 Å². The van der Waals surface area contributed by atoms with Crippen LogP contribution in [0.3, 0.4) is 0 Å². The normalized spacial score (nSPS) is 13.0. The molecule has 2 heterocycles. The fourth-order valence-electron chi connectivity index (χ4n) is 1.62. The number of aromatic nitrogens is 2. The van der Waals surface area contributed by atoms with Gasteiger partial charge in [0.1, 0.15) is 16.2 Å². The van der Waals surface area contributed by atoms with Crippen molar-refractivity contribution in [2.75, 3.05) is 7.11 Å². The quantitative estimate of drug-likeness (QED) is 0.938. The van der Waals surface area contributed by atoms with Crippen LogP contribution in [0.25, 0.3) is 5.52 Å². The highest BCUT2D eigenvalue weighted by atomic mass is 79.9. The molecule has 0 saturated heterocycles. The average Bonchev–Trinajstić information content (AvgIpc) is 2.54. The Hall–Kier alpha value is -1.07. The first-order valence-electron chi connectivity index (χ1n) is 5.00. The van der Waals surface area contributed by atoms with E-state index in [1.165, 1.54) is 0 Å². The first-order valence-corrected chi connectivity index (χ1v) is 5.79. The Kier molecular flexibility index (Phi) is 3.16. The Morgan fingerprint density at radius 2 is 2.38 bits per heavy atom. The number of aliphatic hydroxyl groups is 1. The van der Waals surface area contributed by atoms with Crippen LogP contribution in [0.15, 0.2) is 22.9 Å². The van der Waals surface area contributed by atoms with Crippen molar-refractivity contribution in [2.24, 2.45) is 0 Å². The molecule has 0 amide bonds. The van der Waals surface area contributed by atoms with Gasteiger partial charge in [0, 0.05) is 18.7 Å². The highest BCUT2D eigenvalue weighted by Gasteiger charge is 2.11. The Labute approximate surface area is 102 Å². The number of hydrogen-bond acceptors (Lipinski definition) is 3. The third kappa shape index (κ3) is 2.05. The molecule has 86 valence electrons. The van der Waals surface area contributed by atoms with Crippen molar-refractivity contribution >= 4 is 21.4 Å². The topological polar surface area (TPSA) is 46.8 Å². The average molecular weight is 285 g/mol. The molecule has 1 N–H and O–H groups in total. The Morgan fingerprint density at radius 3 is 3.00 bits per heavy atom. The zero-order chi connectivity index (χ0) is 11.7. The van der Waals surface area contributed by atoms with E-state index in [9.17, 15) is 5.11 Å². The molecule has 2 aromatic rings. The highest BCUT2D eigenvalue weighted by molar-refractivity contribution is 9.10. The summed E-state index contributed by atoms with van der Waals surface area (Å²) in [4.78, 5) is 4.37. The van der Waals surface area contributed by atoms with Crippen LogP contribution in [0.5, 0.6) is 5.75 Å². The van der Waals surface area contributed by atoms with E-state index in [4.69, 9.17) is 4.74 Å². The molecular weight excluding hydrogens is 272 g/mol. The van der Waals surface area contributed by atoms with Gasteiger partial charge in [-0.2, -0.15) is 0 Å². The van der Waals surface area contributed by atoms with Crippen molar-refractivity contribution in [1.29, 1.82) is 0 Å². The van der Waals surface area contributed by atoms with Gasteiger partial charge in [-0.15, -0.1) is 0 Å². The third-order valence-corrected chi connectivity index (χ3v) is 2.94. The molecule has 0 spiro atoms. The summed E-state index contributed by atoms with van der Waals surface area (Å²) in [6.07, 6.45) is 2.02. The summed E-state index contributed by atoms with van der Waals surface area (Å²) in [6.45, 7) is 1.75. The molecular formula is C11H13BrN2O2. The molecule has 0 saturated carbocycles. The summed E-state index contributed by atoms with van der Waals surface area (Å²) in [5.41, 5.74) is 0.940. The number of methoxy groups -OCH3 is 1. The fourth-order valence-corrected chi connectivity index (χ4v) is 2.13. The van der Waals surface area contributed by atoms with Crippen LogP contribution in [-0.4, -0.2) is 27.7 Å². The van der Waals surface area contributed by atoms with Crippen molar-refractivity contribution in [2.45, 2.75) is 19.4 Å². The minimum Gasteiger partial charge on any atom is -0.497 e. The second kappa shape index (κ2) is 4.43. The number of rotatable bonds is 3. The minimum absolute atomic E-state index is 0.403. The fraction of sp³-hybridized carbons (Fsp3) is 0.364. The van der Waals surface area contributed by atoms with Crippen LogP contribution >= 0.6 is 15.9 Å². The zero-order valence-electron chi connectivity index (χ0n) is 9.14. The van der Waals surface area contributed by atoms with Gasteiger partial charge in [0.2, 0.25) is 0 Å². The molecule has 0 aliphatic rings. The summed E-state index contributed by atoms with van der Waals surface area (Å²) in [7, 11) is 1.63. The number of hydrogen-bond donors (Lipinski definition) is 1. The number of pyridine rings is 1. The smallest absolute Gasteiger partial charge is 0.132 e. The van der Waals surface area contributed by atoms with Crippen molar-refractivity contribution < 1.29 is 9.84 Å². The zero-order valence-corrected chi connectivity index (χ0v) is 10.7. The molecule has 0 radical (unpaired) electrons. The Bertz CT molecular complexity index is 508. The van der Waals surface area contributed by atoms with E-state index in [-0.39, 0.29) is 0 Å². The second-order valence-electron chi connectivity index (χ2n) is 3.69. The van der Waals surface area contributed by atoms with Crippen LogP contribution in [-0.2, 0) is 6.42 Å². The SMILES string of the molecule is COc1ccn2c(CC(C)O)nc(Br)c2c1. The number of aliphatic hydroxyl groups excluding tert-OH is 1. The lowest BCUT2D eigenvalue weighted by molar-refractivity contribution is 0.192. The summed E-state index contributed by atoms with van der Waals surface area (Å²) in [6, 6.07) is 3.77. The molecule has 0 aromatic carbocycles. The summed E-state index contributed by atoms with van der Waals surface area (Å²) in [5.74, 6) is 1.62. The van der Waals surface area contributed by atoms with Gasteiger partial charge in [-0.25, -0.2) is 4.98 Å². The van der Waals surface area contributed by atoms with Gasteiger partial charge >= 0.3 is 0 Å². The first-order chi connectivity index (χ1) is 7.61. The van der Waals surface area contributed by atoms with E-state index >= 15 is 0 Å². The molecule has 2 aromatic heterocycles. The number of ether oxygens (including phenoxy) is 1. The van der Waals surface area contributed by atoms with Crippen molar-refractivity contribution in [1.82, 2.24) is 9.38 Å². The maximum atomic E-state index is 9.38. The molecule has 0 bridgehead atoms. The second-order valence-corrected chi connectivity index (χ2v) is 4.44. The van der Waals surface area contributed by atoms with Crippen molar-refractivity contribution in [3.8, 4) is 5.75 Å². The maximum Gasteiger partial charge on any atom is 0.132 e. The maximum absolute atomic E-state index is 9.38. The Balaban J connectivity index is 2.53. The van der Waals surface area contributed by atoms with Gasteiger partial charge in [-0.1, -0.05) is 0 Å². The molecule has 0 aliphatic heterocycles. The van der Waals surface area contributed by atoms with Crippen molar-refractivity contribution in [3.63, 3.8) is 0 Å². The molecule has 1 atom stereocenters. The molecule has 16 heavy (non-hydrogen) atoms. The molecule has 4 nitrogen and oxygen atoms in total. The number of nitrogens with zero attached hydrogens (tertiary/aromatic N) is 2. The number of halogens is 1. The van der Waals surface area contributed by atoms with E-state index in [1.807, 2.05) is 22.7 Å². The van der Waals surface area contributed by atoms with Gasteiger partial charge in [-0.3, -0.25) is 0 Å². The van der Waals surface area contributed by atoms with Crippen LogP contribution in [0.4, 0.5) is 0 Å². The lowest BCUT2D eigenvalue weighted by Crippen LogP contribution is -2.07. The van der Waals surface area contributed by atoms with E-state index in [1.54, 1.807) is 14.0 Å². The largest absolute Gasteiger partial charge is 0.497 e. The molecule has 5 heteroatoms. The van der Waals surface area contributed by atoms with Gasteiger partial charge < -0.3 is 14.2 Å². The summed E-state index contributed by atoms with van der Waals surface area (Å²) < 4.78 is 7.87.